The number of rotatable bonds is 3. The van der Waals surface area contributed by atoms with E-state index in [4.69, 9.17) is 9.94 Å². The van der Waals surface area contributed by atoms with Crippen molar-refractivity contribution in [1.82, 2.24) is 5.48 Å². The van der Waals surface area contributed by atoms with Crippen LogP contribution in [0, 0.1) is 6.92 Å². The molecule has 1 aromatic heterocycles. The summed E-state index contributed by atoms with van der Waals surface area (Å²) < 4.78 is 0. The molecule has 3 rings (SSSR count). The zero-order valence-corrected chi connectivity index (χ0v) is 11.5. The van der Waals surface area contributed by atoms with Crippen molar-refractivity contribution in [2.45, 2.75) is 13.2 Å². The average molecular weight is 288 g/mol. The lowest BCUT2D eigenvalue weighted by atomic mass is 10.1. The number of hydrogen-bond acceptors (Lipinski definition) is 5. The zero-order chi connectivity index (χ0) is 14.1. The molecular weight excluding hydrogens is 276 g/mol. The summed E-state index contributed by atoms with van der Waals surface area (Å²) in [5.74, 6) is -0.414. The van der Waals surface area contributed by atoms with E-state index in [1.165, 1.54) is 0 Å². The molecule has 0 fully saturated rings. The van der Waals surface area contributed by atoms with Crippen molar-refractivity contribution < 1.29 is 14.7 Å². The van der Waals surface area contributed by atoms with Crippen LogP contribution < -0.4 is 5.48 Å². The van der Waals surface area contributed by atoms with E-state index in [2.05, 4.69) is 10.5 Å². The topological polar surface area (TPSA) is 70.9 Å². The number of aliphatic imine (C=N–C) groups is 1. The van der Waals surface area contributed by atoms with Crippen molar-refractivity contribution in [2.75, 3.05) is 0 Å². The number of carboxylic acid groups (broad SMARTS) is 1. The third-order valence-corrected chi connectivity index (χ3v) is 4.07. The number of carboxylic acids is 1. The quantitative estimate of drug-likeness (QED) is 0.911. The highest BCUT2D eigenvalue weighted by Crippen LogP contribution is 2.30. The molecule has 0 radical (unpaired) electrons. The third kappa shape index (κ3) is 2.31. The summed E-state index contributed by atoms with van der Waals surface area (Å²) in [7, 11) is 0. The van der Waals surface area contributed by atoms with Crippen LogP contribution in [0.4, 0.5) is 0 Å². The lowest BCUT2D eigenvalue weighted by molar-refractivity contribution is 0.0395. The minimum absolute atomic E-state index is 0.225. The molecule has 0 saturated carbocycles. The highest BCUT2D eigenvalue weighted by Gasteiger charge is 2.23. The number of aromatic carboxylic acids is 1. The number of nitrogens with one attached hydrogen (secondary N) is 1. The van der Waals surface area contributed by atoms with Crippen molar-refractivity contribution in [3.63, 3.8) is 0 Å². The predicted molar refractivity (Wildman–Crippen MR) is 76.0 cm³/mol. The minimum atomic E-state index is -0.961. The molecule has 20 heavy (non-hydrogen) atoms. The van der Waals surface area contributed by atoms with Crippen LogP contribution in [0.25, 0.3) is 0 Å². The van der Waals surface area contributed by atoms with Crippen LogP contribution in [-0.2, 0) is 4.84 Å². The van der Waals surface area contributed by atoms with E-state index in [-0.39, 0.29) is 11.8 Å². The molecule has 0 bridgehead atoms. The molecule has 0 amide bonds. The molecule has 1 aliphatic heterocycles. The molecule has 1 aromatic carbocycles. The van der Waals surface area contributed by atoms with Crippen molar-refractivity contribution in [3.8, 4) is 0 Å². The Labute approximate surface area is 119 Å². The summed E-state index contributed by atoms with van der Waals surface area (Å²) in [6.07, 6.45) is -0.376. The van der Waals surface area contributed by atoms with Gasteiger partial charge >= 0.3 is 5.97 Å². The molecule has 6 heteroatoms. The number of carbonyl (C=O) groups is 1. The molecule has 102 valence electrons. The molecule has 1 atom stereocenters. The van der Waals surface area contributed by atoms with Crippen LogP contribution >= 0.6 is 11.3 Å². The summed E-state index contributed by atoms with van der Waals surface area (Å²) >= 11 is 1.59. The lowest BCUT2D eigenvalue weighted by Crippen LogP contribution is -2.18. The van der Waals surface area contributed by atoms with Crippen LogP contribution in [0.3, 0.4) is 0 Å². The predicted octanol–water partition coefficient (Wildman–Crippen LogP) is 2.73. The minimum Gasteiger partial charge on any atom is -0.478 e. The summed E-state index contributed by atoms with van der Waals surface area (Å²) in [5.41, 5.74) is 4.82. The van der Waals surface area contributed by atoms with Crippen LogP contribution in [0.15, 0.2) is 40.7 Å². The Hall–Kier alpha value is -2.18. The SMILES string of the molecule is Cc1ccsc1C1N=C(c2cccc(C(=O)O)c2)NO1. The first-order valence-electron chi connectivity index (χ1n) is 6.02. The van der Waals surface area contributed by atoms with Crippen molar-refractivity contribution in [3.05, 3.63) is 57.3 Å². The van der Waals surface area contributed by atoms with Gasteiger partial charge in [-0.05, 0) is 36.1 Å². The average Bonchev–Trinajstić information content (AvgIpc) is 3.07. The number of nitrogens with zero attached hydrogens (tertiary/aromatic N) is 1. The van der Waals surface area contributed by atoms with Gasteiger partial charge < -0.3 is 5.11 Å². The van der Waals surface area contributed by atoms with E-state index in [0.717, 1.165) is 10.4 Å². The van der Waals surface area contributed by atoms with Gasteiger partial charge in [0.1, 0.15) is 0 Å². The fraction of sp³-hybridized carbons (Fsp3) is 0.143. The van der Waals surface area contributed by atoms with Crippen molar-refractivity contribution >= 4 is 23.1 Å². The van der Waals surface area contributed by atoms with E-state index in [1.54, 1.807) is 35.6 Å². The summed E-state index contributed by atoms with van der Waals surface area (Å²) in [5, 5.41) is 11.0. The van der Waals surface area contributed by atoms with Gasteiger partial charge in [0, 0.05) is 5.56 Å². The molecule has 0 aliphatic carbocycles. The van der Waals surface area contributed by atoms with E-state index >= 15 is 0 Å². The van der Waals surface area contributed by atoms with E-state index in [1.807, 2.05) is 18.4 Å². The Kier molecular flexibility index (Phi) is 3.25. The monoisotopic (exact) mass is 288 g/mol. The number of hydrogen-bond donors (Lipinski definition) is 2. The molecule has 1 aliphatic rings. The van der Waals surface area contributed by atoms with Crippen LogP contribution in [0.5, 0.6) is 0 Å². The first-order chi connectivity index (χ1) is 9.65. The maximum atomic E-state index is 11.0. The Morgan fingerprint density at radius 1 is 1.45 bits per heavy atom. The molecule has 0 saturated heterocycles. The number of aryl methyl sites for hydroxylation is 1. The van der Waals surface area contributed by atoms with Gasteiger partial charge in [0.05, 0.1) is 10.4 Å². The molecule has 2 N–H and O–H groups in total. The maximum absolute atomic E-state index is 11.0. The van der Waals surface area contributed by atoms with Crippen LogP contribution in [-0.4, -0.2) is 16.9 Å². The van der Waals surface area contributed by atoms with Crippen LogP contribution in [0.1, 0.15) is 32.6 Å². The van der Waals surface area contributed by atoms with Gasteiger partial charge in [-0.25, -0.2) is 20.1 Å². The summed E-state index contributed by atoms with van der Waals surface area (Å²) in [6, 6.07) is 8.62. The summed E-state index contributed by atoms with van der Waals surface area (Å²) in [4.78, 5) is 21.9. The highest BCUT2D eigenvalue weighted by molar-refractivity contribution is 7.10. The second-order valence-corrected chi connectivity index (χ2v) is 5.35. The third-order valence-electron chi connectivity index (χ3n) is 3.02. The van der Waals surface area contributed by atoms with Crippen LogP contribution in [0.2, 0.25) is 0 Å². The largest absolute Gasteiger partial charge is 0.478 e. The Morgan fingerprint density at radius 3 is 3.00 bits per heavy atom. The molecule has 0 spiro atoms. The van der Waals surface area contributed by atoms with Gasteiger partial charge in [-0.15, -0.1) is 11.3 Å². The fourth-order valence-corrected chi connectivity index (χ4v) is 2.85. The smallest absolute Gasteiger partial charge is 0.335 e. The number of hydroxylamine groups is 1. The number of thiophene rings is 1. The van der Waals surface area contributed by atoms with E-state index in [9.17, 15) is 4.79 Å². The Balaban J connectivity index is 1.90. The molecule has 5 nitrogen and oxygen atoms in total. The Morgan fingerprint density at radius 2 is 2.30 bits per heavy atom. The van der Waals surface area contributed by atoms with Gasteiger partial charge in [-0.1, -0.05) is 12.1 Å². The van der Waals surface area contributed by atoms with Gasteiger partial charge in [-0.3, -0.25) is 0 Å². The summed E-state index contributed by atoms with van der Waals surface area (Å²) in [6.45, 7) is 2.01. The Bertz CT molecular complexity index is 693. The first-order valence-corrected chi connectivity index (χ1v) is 6.90. The molecule has 2 heterocycles. The fourth-order valence-electron chi connectivity index (χ4n) is 1.96. The highest BCUT2D eigenvalue weighted by atomic mass is 32.1. The maximum Gasteiger partial charge on any atom is 0.335 e. The van der Waals surface area contributed by atoms with E-state index < -0.39 is 5.97 Å². The van der Waals surface area contributed by atoms with Gasteiger partial charge in [0.15, 0.2) is 5.84 Å². The first kappa shape index (κ1) is 12.8. The van der Waals surface area contributed by atoms with E-state index in [0.29, 0.717) is 11.4 Å². The van der Waals surface area contributed by atoms with Gasteiger partial charge in [0.2, 0.25) is 6.23 Å². The second-order valence-electron chi connectivity index (χ2n) is 4.40. The van der Waals surface area contributed by atoms with Gasteiger partial charge in [-0.2, -0.15) is 0 Å². The molecule has 1 unspecified atom stereocenters. The normalized spacial score (nSPS) is 17.6. The number of benzene rings is 1. The lowest BCUT2D eigenvalue weighted by Gasteiger charge is -2.04. The number of amidine groups is 1. The van der Waals surface area contributed by atoms with Crippen molar-refractivity contribution in [2.24, 2.45) is 4.99 Å². The second kappa shape index (κ2) is 5.07. The standard InChI is InChI=1S/C14H12N2O3S/c1-8-5-6-20-11(8)13-15-12(16-19-13)9-3-2-4-10(7-9)14(17)18/h2-7,13H,1H3,(H,15,16)(H,17,18). The molecule has 2 aromatic rings. The molecular formula is C14H12N2O3S. The van der Waals surface area contributed by atoms with Crippen molar-refractivity contribution in [1.29, 1.82) is 0 Å². The van der Waals surface area contributed by atoms with Gasteiger partial charge in [0.25, 0.3) is 0 Å². The zero-order valence-electron chi connectivity index (χ0n) is 10.7.